The van der Waals surface area contributed by atoms with Gasteiger partial charge in [0.15, 0.2) is 0 Å². The molecule has 106 valence electrons. The zero-order valence-corrected chi connectivity index (χ0v) is 10.1. The molecule has 0 unspecified atom stereocenters. The fraction of sp³-hybridized carbons (Fsp3) is 0.900. The van der Waals surface area contributed by atoms with Crippen LogP contribution < -0.4 is 5.73 Å². The van der Waals surface area contributed by atoms with Crippen LogP contribution in [0, 0.1) is 0 Å². The topological polar surface area (TPSA) is 58.8 Å². The van der Waals surface area contributed by atoms with Gasteiger partial charge in [-0.25, -0.2) is 0 Å². The number of morpholine rings is 1. The predicted molar refractivity (Wildman–Crippen MR) is 58.9 cm³/mol. The Kier molecular flexibility index (Phi) is 5.83. The van der Waals surface area contributed by atoms with Crippen LogP contribution in [0.2, 0.25) is 0 Å². The second-order valence-corrected chi connectivity index (χ2v) is 4.11. The lowest BCUT2D eigenvalue weighted by Crippen LogP contribution is -2.48. The van der Waals surface area contributed by atoms with Crippen LogP contribution >= 0.6 is 0 Å². The number of carbonyl (C=O) groups is 1. The number of alkyl halides is 3. The molecule has 1 saturated heterocycles. The molecule has 1 fully saturated rings. The summed E-state index contributed by atoms with van der Waals surface area (Å²) in [5, 5.41) is 0. The molecule has 0 aromatic rings. The molecular formula is C10H18F3N3O2. The van der Waals surface area contributed by atoms with E-state index in [0.717, 1.165) is 4.90 Å². The summed E-state index contributed by atoms with van der Waals surface area (Å²) in [5.41, 5.74) is 5.25. The molecule has 8 heteroatoms. The van der Waals surface area contributed by atoms with Crippen LogP contribution in [0.5, 0.6) is 0 Å². The first-order chi connectivity index (χ1) is 8.42. The van der Waals surface area contributed by atoms with E-state index in [2.05, 4.69) is 0 Å². The van der Waals surface area contributed by atoms with Crippen molar-refractivity contribution in [1.82, 2.24) is 9.80 Å². The zero-order chi connectivity index (χ0) is 13.6. The van der Waals surface area contributed by atoms with Crippen molar-refractivity contribution in [2.24, 2.45) is 5.73 Å². The number of halogens is 3. The van der Waals surface area contributed by atoms with Crippen molar-refractivity contribution in [3.8, 4) is 0 Å². The van der Waals surface area contributed by atoms with Crippen molar-refractivity contribution in [3.05, 3.63) is 0 Å². The van der Waals surface area contributed by atoms with E-state index in [1.165, 1.54) is 4.90 Å². The molecule has 0 spiro atoms. The zero-order valence-electron chi connectivity index (χ0n) is 10.1. The van der Waals surface area contributed by atoms with E-state index in [1.54, 1.807) is 0 Å². The molecule has 1 amide bonds. The van der Waals surface area contributed by atoms with E-state index < -0.39 is 12.7 Å². The van der Waals surface area contributed by atoms with Crippen molar-refractivity contribution in [2.45, 2.75) is 6.18 Å². The number of rotatable bonds is 5. The largest absolute Gasteiger partial charge is 0.401 e. The second kappa shape index (κ2) is 6.91. The molecular weight excluding hydrogens is 251 g/mol. The Labute approximate surface area is 104 Å². The van der Waals surface area contributed by atoms with Crippen LogP contribution in [-0.2, 0) is 9.53 Å². The molecule has 0 aromatic heterocycles. The number of ether oxygens (including phenoxy) is 1. The third-order valence-corrected chi connectivity index (χ3v) is 2.57. The Morgan fingerprint density at radius 3 is 2.44 bits per heavy atom. The molecule has 0 atom stereocenters. The van der Waals surface area contributed by atoms with E-state index >= 15 is 0 Å². The van der Waals surface area contributed by atoms with Crippen molar-refractivity contribution in [2.75, 3.05) is 52.5 Å². The second-order valence-electron chi connectivity index (χ2n) is 4.11. The Bertz CT molecular complexity index is 268. The van der Waals surface area contributed by atoms with Crippen molar-refractivity contribution in [3.63, 3.8) is 0 Å². The van der Waals surface area contributed by atoms with Gasteiger partial charge in [0.2, 0.25) is 5.91 Å². The number of nitrogens with two attached hydrogens (primary N) is 1. The summed E-state index contributed by atoms with van der Waals surface area (Å²) in [5.74, 6) is -0.309. The quantitative estimate of drug-likeness (QED) is 0.742. The van der Waals surface area contributed by atoms with Crippen LogP contribution in [0.15, 0.2) is 0 Å². The fourth-order valence-electron chi connectivity index (χ4n) is 1.75. The standard InChI is InChI=1S/C10H18F3N3O2/c11-10(12,13)8-15(2-1-14)7-9(17)16-3-5-18-6-4-16/h1-8,14H2. The first-order valence-electron chi connectivity index (χ1n) is 5.77. The number of carbonyl (C=O) groups excluding carboxylic acids is 1. The highest BCUT2D eigenvalue weighted by Gasteiger charge is 2.32. The predicted octanol–water partition coefficient (Wildman–Crippen LogP) is -0.332. The van der Waals surface area contributed by atoms with E-state index in [4.69, 9.17) is 10.5 Å². The third-order valence-electron chi connectivity index (χ3n) is 2.57. The fourth-order valence-corrected chi connectivity index (χ4v) is 1.75. The van der Waals surface area contributed by atoms with Gasteiger partial charge in [-0.2, -0.15) is 13.2 Å². The third kappa shape index (κ3) is 5.65. The molecule has 5 nitrogen and oxygen atoms in total. The molecule has 18 heavy (non-hydrogen) atoms. The van der Waals surface area contributed by atoms with Crippen molar-refractivity contribution < 1.29 is 22.7 Å². The van der Waals surface area contributed by atoms with Crippen LogP contribution in [0.4, 0.5) is 13.2 Å². The summed E-state index contributed by atoms with van der Waals surface area (Å²) >= 11 is 0. The lowest BCUT2D eigenvalue weighted by Gasteiger charge is -2.30. The number of nitrogens with zero attached hydrogens (tertiary/aromatic N) is 2. The number of hydrogen-bond acceptors (Lipinski definition) is 4. The summed E-state index contributed by atoms with van der Waals surface area (Å²) in [6, 6.07) is 0. The van der Waals surface area contributed by atoms with Crippen LogP contribution in [0.1, 0.15) is 0 Å². The smallest absolute Gasteiger partial charge is 0.378 e. The van der Waals surface area contributed by atoms with E-state index in [9.17, 15) is 18.0 Å². The summed E-state index contributed by atoms with van der Waals surface area (Å²) in [6.07, 6.45) is -4.32. The molecule has 0 aromatic carbocycles. The molecule has 1 aliphatic rings. The van der Waals surface area contributed by atoms with Gasteiger partial charge in [-0.15, -0.1) is 0 Å². The normalized spacial score (nSPS) is 17.3. The maximum Gasteiger partial charge on any atom is 0.401 e. The molecule has 0 aliphatic carbocycles. The first kappa shape index (κ1) is 15.2. The lowest BCUT2D eigenvalue weighted by molar-refractivity contribution is -0.152. The summed E-state index contributed by atoms with van der Waals surface area (Å²) < 4.78 is 42.0. The lowest BCUT2D eigenvalue weighted by atomic mass is 10.3. The molecule has 0 saturated carbocycles. The molecule has 2 N–H and O–H groups in total. The minimum atomic E-state index is -4.32. The van der Waals surface area contributed by atoms with Gasteiger partial charge in [0.1, 0.15) is 0 Å². The van der Waals surface area contributed by atoms with Gasteiger partial charge in [-0.05, 0) is 0 Å². The van der Waals surface area contributed by atoms with Gasteiger partial charge < -0.3 is 15.4 Å². The Morgan fingerprint density at radius 2 is 1.94 bits per heavy atom. The van der Waals surface area contributed by atoms with Crippen molar-refractivity contribution >= 4 is 5.91 Å². The van der Waals surface area contributed by atoms with E-state index in [-0.39, 0.29) is 25.5 Å². The summed E-state index contributed by atoms with van der Waals surface area (Å²) in [4.78, 5) is 14.3. The first-order valence-corrected chi connectivity index (χ1v) is 5.77. The monoisotopic (exact) mass is 269 g/mol. The Hall–Kier alpha value is -0.860. The van der Waals surface area contributed by atoms with Gasteiger partial charge in [0, 0.05) is 26.2 Å². The summed E-state index contributed by atoms with van der Waals surface area (Å²) in [6.45, 7) is 0.505. The minimum Gasteiger partial charge on any atom is -0.378 e. The maximum absolute atomic E-state index is 12.3. The van der Waals surface area contributed by atoms with Gasteiger partial charge in [-0.3, -0.25) is 9.69 Å². The van der Waals surface area contributed by atoms with Gasteiger partial charge in [-0.1, -0.05) is 0 Å². The molecule has 1 aliphatic heterocycles. The van der Waals surface area contributed by atoms with Crippen LogP contribution in [0.3, 0.4) is 0 Å². The van der Waals surface area contributed by atoms with Crippen molar-refractivity contribution in [1.29, 1.82) is 0 Å². The Morgan fingerprint density at radius 1 is 1.33 bits per heavy atom. The van der Waals surface area contributed by atoms with E-state index in [0.29, 0.717) is 26.3 Å². The van der Waals surface area contributed by atoms with Crippen LogP contribution in [-0.4, -0.2) is 74.4 Å². The highest BCUT2D eigenvalue weighted by atomic mass is 19.4. The molecule has 0 bridgehead atoms. The van der Waals surface area contributed by atoms with Gasteiger partial charge in [0.05, 0.1) is 26.3 Å². The molecule has 1 rings (SSSR count). The highest BCUT2D eigenvalue weighted by molar-refractivity contribution is 5.78. The minimum absolute atomic E-state index is 0.0512. The van der Waals surface area contributed by atoms with Gasteiger partial charge >= 0.3 is 6.18 Å². The Balaban J connectivity index is 2.46. The highest BCUT2D eigenvalue weighted by Crippen LogP contribution is 2.16. The SMILES string of the molecule is NCCN(CC(=O)N1CCOCC1)CC(F)(F)F. The number of amides is 1. The molecule has 1 heterocycles. The average Bonchev–Trinajstić information content (AvgIpc) is 2.28. The van der Waals surface area contributed by atoms with Gasteiger partial charge in [0.25, 0.3) is 0 Å². The number of hydrogen-bond donors (Lipinski definition) is 1. The average molecular weight is 269 g/mol. The molecule has 0 radical (unpaired) electrons. The van der Waals surface area contributed by atoms with E-state index in [1.807, 2.05) is 0 Å². The van der Waals surface area contributed by atoms with Crippen LogP contribution in [0.25, 0.3) is 0 Å². The maximum atomic E-state index is 12.3. The summed E-state index contributed by atoms with van der Waals surface area (Å²) in [7, 11) is 0.